The van der Waals surface area contributed by atoms with E-state index in [1.807, 2.05) is 12.1 Å². The molecule has 0 N–H and O–H groups in total. The number of anilines is 3. The molecule has 0 bridgehead atoms. The average molecular weight is 1200 g/mol. The Morgan fingerprint density at radius 2 is 0.638 bits per heavy atom. The minimum atomic E-state index is 0.578. The fraction of sp³-hybridized carbons (Fsp3) is 0. The minimum Gasteiger partial charge on any atom is -0.456 e. The molecule has 0 spiro atoms. The lowest BCUT2D eigenvalue weighted by Gasteiger charge is -2.25. The van der Waals surface area contributed by atoms with Crippen molar-refractivity contribution in [2.45, 2.75) is 0 Å². The Hall–Kier alpha value is -12.8. The van der Waals surface area contributed by atoms with Gasteiger partial charge in [-0.3, -0.25) is 9.13 Å². The third-order valence-corrected chi connectivity index (χ3v) is 19.3. The number of nitrogens with zero attached hydrogens (tertiary/aromatic N) is 7. The lowest BCUT2D eigenvalue weighted by Crippen LogP contribution is -2.10. The highest BCUT2D eigenvalue weighted by molar-refractivity contribution is 6.16. The van der Waals surface area contributed by atoms with Gasteiger partial charge in [0.15, 0.2) is 5.82 Å². The number of hydrogen-bond donors (Lipinski definition) is 0. The van der Waals surface area contributed by atoms with Gasteiger partial charge in [-0.25, -0.2) is 4.98 Å². The van der Waals surface area contributed by atoms with Crippen LogP contribution in [0.1, 0.15) is 0 Å². The molecule has 94 heavy (non-hydrogen) atoms. The molecule has 8 nitrogen and oxygen atoms in total. The van der Waals surface area contributed by atoms with Crippen LogP contribution in [-0.4, -0.2) is 28.2 Å². The van der Waals surface area contributed by atoms with Crippen LogP contribution < -0.4 is 4.90 Å². The number of para-hydroxylation sites is 8. The second-order valence-corrected chi connectivity index (χ2v) is 24.5. The second-order valence-electron chi connectivity index (χ2n) is 24.5. The average Bonchev–Trinajstić information content (AvgIpc) is 1.55. The fourth-order valence-corrected chi connectivity index (χ4v) is 15.1. The van der Waals surface area contributed by atoms with Crippen molar-refractivity contribution in [2.24, 2.45) is 0 Å². The fourth-order valence-electron chi connectivity index (χ4n) is 15.1. The Kier molecular flexibility index (Phi) is 11.3. The van der Waals surface area contributed by atoms with Gasteiger partial charge in [-0.2, -0.15) is 4.98 Å². The third-order valence-electron chi connectivity index (χ3n) is 19.3. The van der Waals surface area contributed by atoms with Gasteiger partial charge in [-0.1, -0.05) is 170 Å². The van der Waals surface area contributed by atoms with Crippen molar-refractivity contribution in [1.29, 1.82) is 0 Å². The molecule has 8 heteroatoms. The number of furan rings is 1. The lowest BCUT2D eigenvalue weighted by molar-refractivity contribution is 0.669. The number of rotatable bonds is 9. The molecule has 20 rings (SSSR count). The monoisotopic (exact) mass is 1200 g/mol. The maximum Gasteiger partial charge on any atom is 0.237 e. The Morgan fingerprint density at radius 1 is 0.234 bits per heavy atom. The van der Waals surface area contributed by atoms with E-state index < -0.39 is 0 Å². The summed E-state index contributed by atoms with van der Waals surface area (Å²) >= 11 is 0. The van der Waals surface area contributed by atoms with Crippen LogP contribution in [0.2, 0.25) is 0 Å². The molecular formula is C86H53N7O. The van der Waals surface area contributed by atoms with E-state index in [2.05, 4.69) is 333 Å². The van der Waals surface area contributed by atoms with Crippen LogP contribution in [0, 0.1) is 0 Å². The van der Waals surface area contributed by atoms with Crippen molar-refractivity contribution in [3.05, 3.63) is 322 Å². The largest absolute Gasteiger partial charge is 0.456 e. The molecule has 438 valence electrons. The molecule has 6 heterocycles. The minimum absolute atomic E-state index is 0.578. The van der Waals surface area contributed by atoms with Crippen LogP contribution >= 0.6 is 0 Å². The summed E-state index contributed by atoms with van der Waals surface area (Å²) in [5.74, 6) is 1.36. The van der Waals surface area contributed by atoms with Crippen molar-refractivity contribution in [3.63, 3.8) is 0 Å². The first kappa shape index (κ1) is 52.0. The molecular weight excluding hydrogens is 1150 g/mol. The summed E-state index contributed by atoms with van der Waals surface area (Å²) in [7, 11) is 0. The van der Waals surface area contributed by atoms with E-state index in [1.165, 1.54) is 38.1 Å². The molecule has 0 unspecified atom stereocenters. The Morgan fingerprint density at radius 3 is 1.21 bits per heavy atom. The maximum absolute atomic E-state index is 6.27. The standard InChI is InChI=1S/C86H53N7O/c1-4-20-58(21-5-1)89(59-22-6-2-7-23-59)61-41-46-81-71(52-61)66-29-12-17-33-77(66)92(81)85-73-53-62(91-76-32-16-11-27-64(76)69-49-55(37-44-80(69)91)54-36-43-79-68(48-54)63-26-10-15-31-75(63)90(79)60-24-8-3-9-25-60)40-42-74(73)87-86(88-85)93-78-34-18-13-28-65(78)70-50-56(38-45-82(70)93)57-39-47-84-72(51-57)67-30-14-19-35-83(67)94-84/h1-53H. The smallest absolute Gasteiger partial charge is 0.237 e. The molecule has 0 radical (unpaired) electrons. The first-order chi connectivity index (χ1) is 46.6. The van der Waals surface area contributed by atoms with Crippen molar-refractivity contribution in [3.8, 4) is 45.4 Å². The predicted octanol–water partition coefficient (Wildman–Crippen LogP) is 22.7. The highest BCUT2D eigenvalue weighted by atomic mass is 16.3. The van der Waals surface area contributed by atoms with E-state index >= 15 is 0 Å². The van der Waals surface area contributed by atoms with E-state index in [-0.39, 0.29) is 0 Å². The van der Waals surface area contributed by atoms with Crippen LogP contribution in [0.5, 0.6) is 0 Å². The molecule has 0 aliphatic heterocycles. The number of fused-ring (bicyclic) bond motifs is 16. The number of benzene rings is 14. The van der Waals surface area contributed by atoms with Crippen LogP contribution in [0.15, 0.2) is 326 Å². The quantitative estimate of drug-likeness (QED) is 0.144. The van der Waals surface area contributed by atoms with Gasteiger partial charge in [0.2, 0.25) is 5.95 Å². The molecule has 0 aliphatic rings. The van der Waals surface area contributed by atoms with Gasteiger partial charge in [0.1, 0.15) is 11.2 Å². The first-order valence-corrected chi connectivity index (χ1v) is 32.0. The molecule has 0 atom stereocenters. The molecule has 0 fully saturated rings. The highest BCUT2D eigenvalue weighted by Gasteiger charge is 2.25. The summed E-state index contributed by atoms with van der Waals surface area (Å²) in [6.45, 7) is 0. The van der Waals surface area contributed by atoms with Gasteiger partial charge in [0.05, 0.1) is 49.7 Å². The van der Waals surface area contributed by atoms with Crippen molar-refractivity contribution in [2.75, 3.05) is 4.90 Å². The van der Waals surface area contributed by atoms with Gasteiger partial charge in [0, 0.05) is 87.7 Å². The first-order valence-electron chi connectivity index (χ1n) is 32.0. The molecule has 0 saturated heterocycles. The Bertz CT molecular complexity index is 6450. The van der Waals surface area contributed by atoms with Crippen LogP contribution in [-0.2, 0) is 0 Å². The number of aromatic nitrogens is 6. The van der Waals surface area contributed by atoms with Gasteiger partial charge in [-0.15, -0.1) is 0 Å². The number of hydrogen-bond acceptors (Lipinski definition) is 4. The predicted molar refractivity (Wildman–Crippen MR) is 390 cm³/mol. The zero-order chi connectivity index (χ0) is 61.5. The van der Waals surface area contributed by atoms with E-state index in [1.54, 1.807) is 0 Å². The normalized spacial score (nSPS) is 12.0. The summed E-state index contributed by atoms with van der Waals surface area (Å²) in [5, 5.41) is 12.4. The lowest BCUT2D eigenvalue weighted by atomic mass is 10.0. The van der Waals surface area contributed by atoms with Gasteiger partial charge in [-0.05, 0) is 174 Å². The molecule has 0 aliphatic carbocycles. The van der Waals surface area contributed by atoms with Crippen molar-refractivity contribution < 1.29 is 4.42 Å². The summed E-state index contributed by atoms with van der Waals surface area (Å²) in [5.41, 5.74) is 21.2. The van der Waals surface area contributed by atoms with Crippen molar-refractivity contribution in [1.82, 2.24) is 28.2 Å². The highest BCUT2D eigenvalue weighted by Crippen LogP contribution is 2.44. The zero-order valence-electron chi connectivity index (χ0n) is 50.6. The second kappa shape index (κ2) is 20.4. The molecule has 0 amide bonds. The van der Waals surface area contributed by atoms with Gasteiger partial charge >= 0.3 is 0 Å². The van der Waals surface area contributed by atoms with Crippen LogP contribution in [0.3, 0.4) is 0 Å². The summed E-state index contributed by atoms with van der Waals surface area (Å²) in [6.07, 6.45) is 0. The summed E-state index contributed by atoms with van der Waals surface area (Å²) in [6, 6.07) is 116. The van der Waals surface area contributed by atoms with Gasteiger partial charge < -0.3 is 18.5 Å². The molecule has 14 aromatic carbocycles. The SMILES string of the molecule is c1ccc(N(c2ccccc2)c2ccc3c(c2)c2ccccc2n3-c2nc(-n3c4ccccc4c4cc(-c5ccc6oc7ccccc7c6c5)ccc43)nc3ccc(-n4c5ccccc5c5cc(-c6ccc7c(c6)c6ccccc6n7-c6ccccc6)ccc54)cc23)cc1. The maximum atomic E-state index is 6.27. The van der Waals surface area contributed by atoms with Crippen LogP contribution in [0.4, 0.5) is 17.1 Å². The van der Waals surface area contributed by atoms with Crippen LogP contribution in [0.25, 0.3) is 165 Å². The van der Waals surface area contributed by atoms with E-state index in [0.29, 0.717) is 5.95 Å². The molecule has 6 aromatic heterocycles. The molecule has 20 aromatic rings. The Labute approximate surface area is 538 Å². The van der Waals surface area contributed by atoms with E-state index in [9.17, 15) is 0 Å². The summed E-state index contributed by atoms with van der Waals surface area (Å²) in [4.78, 5) is 13.9. The zero-order valence-corrected chi connectivity index (χ0v) is 50.6. The third kappa shape index (κ3) is 7.87. The van der Waals surface area contributed by atoms with E-state index in [4.69, 9.17) is 14.4 Å². The van der Waals surface area contributed by atoms with Crippen molar-refractivity contribution >= 4 is 137 Å². The topological polar surface area (TPSA) is 61.9 Å². The van der Waals surface area contributed by atoms with Gasteiger partial charge in [0.25, 0.3) is 0 Å². The summed E-state index contributed by atoms with van der Waals surface area (Å²) < 4.78 is 15.7. The Balaban J connectivity index is 0.796. The van der Waals surface area contributed by atoms with E-state index in [0.717, 1.165) is 138 Å². The molecule has 0 saturated carbocycles.